The molecule has 1 heterocycles. The molecule has 0 bridgehead atoms. The number of nitrogens with one attached hydrogen (secondary N) is 3. The van der Waals surface area contributed by atoms with Gasteiger partial charge < -0.3 is 16.0 Å². The van der Waals surface area contributed by atoms with Crippen molar-refractivity contribution >= 4 is 29.1 Å². The summed E-state index contributed by atoms with van der Waals surface area (Å²) in [6.07, 6.45) is 1.39. The van der Waals surface area contributed by atoms with Crippen molar-refractivity contribution in [1.29, 1.82) is 0 Å². The Balaban J connectivity index is 1.27. The second-order valence-electron chi connectivity index (χ2n) is 9.11. The number of likely N-dealkylation sites (tertiary alicyclic amines) is 1. The van der Waals surface area contributed by atoms with E-state index in [1.807, 2.05) is 72.5 Å². The van der Waals surface area contributed by atoms with Crippen molar-refractivity contribution < 1.29 is 14.4 Å². The molecular weight excluding hydrogens is 452 g/mol. The summed E-state index contributed by atoms with van der Waals surface area (Å²) in [7, 11) is 0. The predicted octanol–water partition coefficient (Wildman–Crippen LogP) is 4.47. The molecule has 3 amide bonds. The van der Waals surface area contributed by atoms with Crippen LogP contribution in [0.2, 0.25) is 0 Å². The van der Waals surface area contributed by atoms with E-state index in [-0.39, 0.29) is 36.2 Å². The minimum Gasteiger partial charge on any atom is -0.345 e. The zero-order chi connectivity index (χ0) is 25.3. The molecule has 0 aromatic heterocycles. The molecule has 0 unspecified atom stereocenters. The van der Waals surface area contributed by atoms with Crippen molar-refractivity contribution in [3.05, 3.63) is 96.1 Å². The molecule has 1 saturated heterocycles. The van der Waals surface area contributed by atoms with E-state index in [2.05, 4.69) is 16.0 Å². The fourth-order valence-electron chi connectivity index (χ4n) is 4.40. The molecule has 3 aromatic carbocycles. The Labute approximate surface area is 211 Å². The number of rotatable bonds is 8. The second-order valence-corrected chi connectivity index (χ2v) is 9.11. The number of carbonyl (C=O) groups is 3. The zero-order valence-corrected chi connectivity index (χ0v) is 20.4. The molecule has 3 aromatic rings. The zero-order valence-electron chi connectivity index (χ0n) is 20.4. The van der Waals surface area contributed by atoms with Gasteiger partial charge in [-0.05, 0) is 62.7 Å². The van der Waals surface area contributed by atoms with Crippen molar-refractivity contribution in [2.45, 2.75) is 25.8 Å². The molecule has 0 radical (unpaired) electrons. The van der Waals surface area contributed by atoms with Crippen LogP contribution in [-0.2, 0) is 9.59 Å². The molecule has 0 spiro atoms. The molecule has 0 aliphatic carbocycles. The molecule has 1 atom stereocenters. The highest BCUT2D eigenvalue weighted by Crippen LogP contribution is 2.21. The molecule has 4 rings (SSSR count). The number of hydrogen-bond donors (Lipinski definition) is 3. The van der Waals surface area contributed by atoms with Crippen molar-refractivity contribution in [3.63, 3.8) is 0 Å². The first kappa shape index (κ1) is 25.1. The van der Waals surface area contributed by atoms with Gasteiger partial charge in [0.25, 0.3) is 5.91 Å². The molecule has 1 aliphatic rings. The number of hydrogen-bond acceptors (Lipinski definition) is 4. The van der Waals surface area contributed by atoms with Crippen molar-refractivity contribution in [2.24, 2.45) is 5.92 Å². The van der Waals surface area contributed by atoms with Crippen molar-refractivity contribution in [2.75, 3.05) is 30.3 Å². The van der Waals surface area contributed by atoms with Crippen molar-refractivity contribution in [1.82, 2.24) is 10.2 Å². The largest absolute Gasteiger partial charge is 0.345 e. The first-order valence-corrected chi connectivity index (χ1v) is 12.3. The molecule has 0 saturated carbocycles. The van der Waals surface area contributed by atoms with E-state index in [1.165, 1.54) is 0 Å². The standard InChI is InChI=1S/C29H32N4O3/c1-21(22-10-4-2-5-11-22)30-29(36)25-14-8-9-15-26(25)32-27(34)20-33-18-16-23(17-19-33)28(35)31-24-12-6-3-7-13-24/h2-15,21,23H,16-20H2,1H3,(H,30,36)(H,31,35)(H,32,34)/t21-/m1/s1. The van der Waals surface area contributed by atoms with Gasteiger partial charge in [-0.25, -0.2) is 0 Å². The number of anilines is 2. The minimum atomic E-state index is -0.243. The summed E-state index contributed by atoms with van der Waals surface area (Å²) >= 11 is 0. The molecule has 7 heteroatoms. The number of nitrogens with zero attached hydrogens (tertiary/aromatic N) is 1. The van der Waals surface area contributed by atoms with E-state index in [0.29, 0.717) is 37.2 Å². The quantitative estimate of drug-likeness (QED) is 0.440. The smallest absolute Gasteiger partial charge is 0.253 e. The van der Waals surface area contributed by atoms with Gasteiger partial charge in [0.15, 0.2) is 0 Å². The first-order chi connectivity index (χ1) is 17.5. The lowest BCUT2D eigenvalue weighted by molar-refractivity contribution is -0.121. The van der Waals surface area contributed by atoms with Gasteiger partial charge >= 0.3 is 0 Å². The Morgan fingerprint density at radius 1 is 0.833 bits per heavy atom. The number of amides is 3. The van der Waals surface area contributed by atoms with Gasteiger partial charge in [-0.1, -0.05) is 60.7 Å². The van der Waals surface area contributed by atoms with Crippen molar-refractivity contribution in [3.8, 4) is 0 Å². The number of benzene rings is 3. The van der Waals surface area contributed by atoms with Gasteiger partial charge in [-0.15, -0.1) is 0 Å². The fourth-order valence-corrected chi connectivity index (χ4v) is 4.40. The summed E-state index contributed by atoms with van der Waals surface area (Å²) < 4.78 is 0. The summed E-state index contributed by atoms with van der Waals surface area (Å²) in [6, 6.07) is 26.0. The topological polar surface area (TPSA) is 90.5 Å². The highest BCUT2D eigenvalue weighted by molar-refractivity contribution is 6.04. The van der Waals surface area contributed by atoms with E-state index in [0.717, 1.165) is 11.3 Å². The van der Waals surface area contributed by atoms with Gasteiger partial charge in [-0.2, -0.15) is 0 Å². The Hall–Kier alpha value is -3.97. The van der Waals surface area contributed by atoms with E-state index < -0.39 is 0 Å². The molecule has 186 valence electrons. The first-order valence-electron chi connectivity index (χ1n) is 12.3. The van der Waals surface area contributed by atoms with Crippen LogP contribution in [0.15, 0.2) is 84.9 Å². The normalized spacial score (nSPS) is 15.0. The second kappa shape index (κ2) is 12.1. The maximum atomic E-state index is 12.9. The Bertz CT molecular complexity index is 1180. The molecule has 36 heavy (non-hydrogen) atoms. The van der Waals surface area contributed by atoms with Gasteiger partial charge in [0, 0.05) is 11.6 Å². The van der Waals surface area contributed by atoms with E-state index in [4.69, 9.17) is 0 Å². The van der Waals surface area contributed by atoms with Crippen LogP contribution < -0.4 is 16.0 Å². The third kappa shape index (κ3) is 6.79. The minimum absolute atomic E-state index is 0.0231. The van der Waals surface area contributed by atoms with E-state index >= 15 is 0 Å². The monoisotopic (exact) mass is 484 g/mol. The highest BCUT2D eigenvalue weighted by atomic mass is 16.2. The van der Waals surface area contributed by atoms with Gasteiger partial charge in [0.2, 0.25) is 11.8 Å². The summed E-state index contributed by atoms with van der Waals surface area (Å²) in [5.74, 6) is -0.471. The Kier molecular flexibility index (Phi) is 8.47. The van der Waals surface area contributed by atoms with Crippen LogP contribution in [0.4, 0.5) is 11.4 Å². The van der Waals surface area contributed by atoms with Crippen LogP contribution in [0.3, 0.4) is 0 Å². The summed E-state index contributed by atoms with van der Waals surface area (Å²) in [4.78, 5) is 40.3. The number of para-hydroxylation sites is 2. The SMILES string of the molecule is C[C@@H](NC(=O)c1ccccc1NC(=O)CN1CCC(C(=O)Nc2ccccc2)CC1)c1ccccc1. The molecule has 3 N–H and O–H groups in total. The average Bonchev–Trinajstić information content (AvgIpc) is 2.90. The third-order valence-electron chi connectivity index (χ3n) is 6.46. The molecule has 1 fully saturated rings. The van der Waals surface area contributed by atoms with Gasteiger partial charge in [0.1, 0.15) is 0 Å². The lowest BCUT2D eigenvalue weighted by Crippen LogP contribution is -2.42. The molecular formula is C29H32N4O3. The van der Waals surface area contributed by atoms with E-state index in [9.17, 15) is 14.4 Å². The van der Waals surface area contributed by atoms with Crippen LogP contribution in [0.25, 0.3) is 0 Å². The van der Waals surface area contributed by atoms with Gasteiger partial charge in [-0.3, -0.25) is 19.3 Å². The van der Waals surface area contributed by atoms with Crippen LogP contribution in [-0.4, -0.2) is 42.3 Å². The maximum absolute atomic E-state index is 12.9. The Morgan fingerprint density at radius 2 is 1.44 bits per heavy atom. The lowest BCUT2D eigenvalue weighted by Gasteiger charge is -2.30. The lowest BCUT2D eigenvalue weighted by atomic mass is 9.96. The molecule has 1 aliphatic heterocycles. The predicted molar refractivity (Wildman–Crippen MR) is 142 cm³/mol. The summed E-state index contributed by atoms with van der Waals surface area (Å²) in [6.45, 7) is 3.47. The summed E-state index contributed by atoms with van der Waals surface area (Å²) in [5, 5.41) is 8.87. The number of carbonyl (C=O) groups excluding carboxylic acids is 3. The van der Waals surface area contributed by atoms with Crippen LogP contribution in [0.5, 0.6) is 0 Å². The number of piperidine rings is 1. The molecule has 7 nitrogen and oxygen atoms in total. The third-order valence-corrected chi connectivity index (χ3v) is 6.46. The van der Waals surface area contributed by atoms with Gasteiger partial charge in [0.05, 0.1) is 23.8 Å². The van der Waals surface area contributed by atoms with Crippen LogP contribution in [0.1, 0.15) is 41.7 Å². The summed E-state index contributed by atoms with van der Waals surface area (Å²) in [5.41, 5.74) is 2.71. The fraction of sp³-hybridized carbons (Fsp3) is 0.276. The maximum Gasteiger partial charge on any atom is 0.253 e. The Morgan fingerprint density at radius 3 is 2.14 bits per heavy atom. The van der Waals surface area contributed by atoms with E-state index in [1.54, 1.807) is 24.3 Å². The average molecular weight is 485 g/mol. The van der Waals surface area contributed by atoms with Crippen LogP contribution in [0, 0.1) is 5.92 Å². The van der Waals surface area contributed by atoms with Crippen LogP contribution >= 0.6 is 0 Å². The highest BCUT2D eigenvalue weighted by Gasteiger charge is 2.26.